The zero-order valence-electron chi connectivity index (χ0n) is 12.5. The summed E-state index contributed by atoms with van der Waals surface area (Å²) in [5.41, 5.74) is 3.31. The summed E-state index contributed by atoms with van der Waals surface area (Å²) in [5, 5.41) is 25.5. The van der Waals surface area contributed by atoms with Gasteiger partial charge in [-0.2, -0.15) is 5.10 Å². The molecule has 0 fully saturated rings. The maximum atomic E-state index is 11.0. The summed E-state index contributed by atoms with van der Waals surface area (Å²) >= 11 is 1.42. The molecule has 3 aromatic rings. The Morgan fingerprint density at radius 1 is 1.42 bits per heavy atom. The Kier molecular flexibility index (Phi) is 4.25. The van der Waals surface area contributed by atoms with Crippen LogP contribution in [0.5, 0.6) is 11.5 Å². The molecule has 9 heteroatoms. The molecule has 0 radical (unpaired) electrons. The van der Waals surface area contributed by atoms with Gasteiger partial charge in [0, 0.05) is 5.56 Å². The van der Waals surface area contributed by atoms with Gasteiger partial charge in [0.05, 0.1) is 34.5 Å². The maximum absolute atomic E-state index is 11.0. The third kappa shape index (κ3) is 3.10. The Bertz CT molecular complexity index is 905. The van der Waals surface area contributed by atoms with Crippen LogP contribution in [0.2, 0.25) is 0 Å². The van der Waals surface area contributed by atoms with Gasteiger partial charge >= 0.3 is 5.69 Å². The van der Waals surface area contributed by atoms with E-state index in [-0.39, 0.29) is 11.3 Å². The number of thiazole rings is 1. The molecule has 1 heterocycles. The normalized spacial score (nSPS) is 11.0. The number of phenolic OH excluding ortho intramolecular Hbond substituents is 1. The van der Waals surface area contributed by atoms with Crippen molar-refractivity contribution in [2.75, 3.05) is 12.5 Å². The molecule has 24 heavy (non-hydrogen) atoms. The van der Waals surface area contributed by atoms with Gasteiger partial charge in [0.2, 0.25) is 10.9 Å². The van der Waals surface area contributed by atoms with E-state index in [4.69, 9.17) is 4.74 Å². The Balaban J connectivity index is 1.85. The average molecular weight is 344 g/mol. The summed E-state index contributed by atoms with van der Waals surface area (Å²) in [5.74, 6) is -0.225. The molecule has 8 nitrogen and oxygen atoms in total. The Morgan fingerprint density at radius 3 is 2.92 bits per heavy atom. The van der Waals surface area contributed by atoms with Gasteiger partial charge < -0.3 is 9.84 Å². The van der Waals surface area contributed by atoms with E-state index in [1.165, 1.54) is 30.7 Å². The van der Waals surface area contributed by atoms with Gasteiger partial charge in [-0.15, -0.1) is 0 Å². The highest BCUT2D eigenvalue weighted by Gasteiger charge is 2.18. The van der Waals surface area contributed by atoms with E-state index in [1.807, 2.05) is 24.3 Å². The molecule has 122 valence electrons. The minimum absolute atomic E-state index is 0.162. The van der Waals surface area contributed by atoms with Crippen LogP contribution in [-0.4, -0.2) is 28.3 Å². The molecule has 0 atom stereocenters. The van der Waals surface area contributed by atoms with Crippen LogP contribution in [0.4, 0.5) is 10.8 Å². The SMILES string of the molecule is COc1cc(/C=N/Nc2nc3ccccc3s2)c(O)c([N+](=O)[O-])c1. The summed E-state index contributed by atoms with van der Waals surface area (Å²) in [7, 11) is 1.39. The highest BCUT2D eigenvalue weighted by molar-refractivity contribution is 7.22. The predicted molar refractivity (Wildman–Crippen MR) is 92.1 cm³/mol. The molecule has 0 unspecified atom stereocenters. The molecule has 1 aromatic heterocycles. The zero-order valence-corrected chi connectivity index (χ0v) is 13.3. The van der Waals surface area contributed by atoms with Crippen molar-refractivity contribution in [3.8, 4) is 11.5 Å². The van der Waals surface area contributed by atoms with Gasteiger partial charge in [0.1, 0.15) is 5.75 Å². The van der Waals surface area contributed by atoms with E-state index >= 15 is 0 Å². The number of hydrazone groups is 1. The minimum Gasteiger partial charge on any atom is -0.502 e. The molecule has 0 saturated carbocycles. The molecule has 0 aliphatic carbocycles. The number of phenols is 1. The Hall–Kier alpha value is -3.20. The van der Waals surface area contributed by atoms with Crippen LogP contribution in [-0.2, 0) is 0 Å². The number of hydrogen-bond acceptors (Lipinski definition) is 8. The number of nitrogens with zero attached hydrogens (tertiary/aromatic N) is 3. The van der Waals surface area contributed by atoms with E-state index in [0.717, 1.165) is 16.3 Å². The number of nitro groups is 1. The molecular formula is C15H12N4O4S. The smallest absolute Gasteiger partial charge is 0.315 e. The van der Waals surface area contributed by atoms with Gasteiger partial charge in [-0.05, 0) is 18.2 Å². The van der Waals surface area contributed by atoms with Crippen LogP contribution in [0.25, 0.3) is 10.2 Å². The molecule has 0 aliphatic rings. The summed E-state index contributed by atoms with van der Waals surface area (Å²) in [6.07, 6.45) is 1.27. The molecular weight excluding hydrogens is 332 g/mol. The monoisotopic (exact) mass is 344 g/mol. The fourth-order valence-electron chi connectivity index (χ4n) is 2.05. The number of methoxy groups -OCH3 is 1. The molecule has 0 spiro atoms. The van der Waals surface area contributed by atoms with Gasteiger partial charge in [-0.3, -0.25) is 15.5 Å². The molecule has 0 bridgehead atoms. The van der Waals surface area contributed by atoms with Crippen molar-refractivity contribution in [2.24, 2.45) is 5.10 Å². The number of aromatic nitrogens is 1. The van der Waals surface area contributed by atoms with Crippen molar-refractivity contribution >= 4 is 38.6 Å². The van der Waals surface area contributed by atoms with Crippen LogP contribution in [0.15, 0.2) is 41.5 Å². The summed E-state index contributed by atoms with van der Waals surface area (Å²) in [4.78, 5) is 14.6. The molecule has 3 rings (SSSR count). The summed E-state index contributed by atoms with van der Waals surface area (Å²) < 4.78 is 6.01. The number of ether oxygens (including phenoxy) is 1. The summed E-state index contributed by atoms with van der Waals surface area (Å²) in [6, 6.07) is 10.2. The molecule has 2 N–H and O–H groups in total. The van der Waals surface area contributed by atoms with E-state index < -0.39 is 16.4 Å². The van der Waals surface area contributed by atoms with Crippen molar-refractivity contribution in [2.45, 2.75) is 0 Å². The maximum Gasteiger partial charge on any atom is 0.315 e. The lowest BCUT2D eigenvalue weighted by molar-refractivity contribution is -0.385. The van der Waals surface area contributed by atoms with E-state index in [9.17, 15) is 15.2 Å². The van der Waals surface area contributed by atoms with Crippen molar-refractivity contribution in [3.05, 3.63) is 52.1 Å². The number of benzene rings is 2. The Morgan fingerprint density at radius 2 is 2.21 bits per heavy atom. The Labute approximate surface area is 140 Å². The van der Waals surface area contributed by atoms with E-state index in [0.29, 0.717) is 5.13 Å². The quantitative estimate of drug-likeness (QED) is 0.417. The number of aromatic hydroxyl groups is 1. The predicted octanol–water partition coefficient (Wildman–Crippen LogP) is 3.36. The number of anilines is 1. The molecule has 0 saturated heterocycles. The highest BCUT2D eigenvalue weighted by Crippen LogP contribution is 2.33. The molecule has 0 aliphatic heterocycles. The second-order valence-electron chi connectivity index (χ2n) is 4.70. The zero-order chi connectivity index (χ0) is 17.1. The first kappa shape index (κ1) is 15.7. The van der Waals surface area contributed by atoms with Crippen molar-refractivity contribution < 1.29 is 14.8 Å². The lowest BCUT2D eigenvalue weighted by atomic mass is 10.1. The van der Waals surface area contributed by atoms with Crippen molar-refractivity contribution in [1.29, 1.82) is 0 Å². The van der Waals surface area contributed by atoms with Crippen LogP contribution < -0.4 is 10.2 Å². The average Bonchev–Trinajstić information content (AvgIpc) is 2.98. The largest absolute Gasteiger partial charge is 0.502 e. The third-order valence-corrected chi connectivity index (χ3v) is 4.12. The number of rotatable bonds is 5. The number of nitrogens with one attached hydrogen (secondary N) is 1. The second-order valence-corrected chi connectivity index (χ2v) is 5.73. The van der Waals surface area contributed by atoms with Gasteiger partial charge in [-0.1, -0.05) is 23.5 Å². The van der Waals surface area contributed by atoms with Gasteiger partial charge in [-0.25, -0.2) is 4.98 Å². The van der Waals surface area contributed by atoms with Crippen LogP contribution >= 0.6 is 11.3 Å². The molecule has 2 aromatic carbocycles. The van der Waals surface area contributed by atoms with Gasteiger partial charge in [0.25, 0.3) is 0 Å². The lowest BCUT2D eigenvalue weighted by Gasteiger charge is -2.04. The van der Waals surface area contributed by atoms with Crippen molar-refractivity contribution in [3.63, 3.8) is 0 Å². The van der Waals surface area contributed by atoms with E-state index in [2.05, 4.69) is 15.5 Å². The number of fused-ring (bicyclic) bond motifs is 1. The standard InChI is InChI=1S/C15H12N4O4S/c1-23-10-6-9(14(20)12(7-10)19(21)22)8-16-18-15-17-11-4-2-3-5-13(11)24-15/h2-8,20H,1H3,(H,17,18)/b16-8+. The van der Waals surface area contributed by atoms with Crippen molar-refractivity contribution in [1.82, 2.24) is 4.98 Å². The topological polar surface area (TPSA) is 110 Å². The van der Waals surface area contributed by atoms with Crippen LogP contribution in [0, 0.1) is 10.1 Å². The third-order valence-electron chi connectivity index (χ3n) is 3.18. The van der Waals surface area contributed by atoms with E-state index in [1.54, 1.807) is 0 Å². The number of nitro benzene ring substituents is 1. The van der Waals surface area contributed by atoms with Gasteiger partial charge in [0.15, 0.2) is 0 Å². The summed E-state index contributed by atoms with van der Waals surface area (Å²) in [6.45, 7) is 0. The first-order valence-corrected chi connectivity index (χ1v) is 7.60. The highest BCUT2D eigenvalue weighted by atomic mass is 32.1. The first-order chi connectivity index (χ1) is 11.6. The number of para-hydroxylation sites is 1. The molecule has 0 amide bonds. The fraction of sp³-hybridized carbons (Fsp3) is 0.0667. The van der Waals surface area contributed by atoms with Crippen LogP contribution in [0.1, 0.15) is 5.56 Å². The number of hydrogen-bond donors (Lipinski definition) is 2. The second kappa shape index (κ2) is 6.50. The fourth-order valence-corrected chi connectivity index (χ4v) is 2.86. The first-order valence-electron chi connectivity index (χ1n) is 6.78. The van der Waals surface area contributed by atoms with Crippen LogP contribution in [0.3, 0.4) is 0 Å². The minimum atomic E-state index is -0.684. The lowest BCUT2D eigenvalue weighted by Crippen LogP contribution is -1.96.